The molecule has 100 valence electrons. The Morgan fingerprint density at radius 2 is 2.11 bits per heavy atom. The zero-order valence-electron chi connectivity index (χ0n) is 11.1. The summed E-state index contributed by atoms with van der Waals surface area (Å²) in [5.41, 5.74) is 0.246. The monoisotopic (exact) mass is 251 g/mol. The van der Waals surface area contributed by atoms with Crippen molar-refractivity contribution in [3.63, 3.8) is 0 Å². The van der Waals surface area contributed by atoms with Crippen LogP contribution < -0.4 is 10.1 Å². The lowest BCUT2D eigenvalue weighted by Gasteiger charge is -2.17. The Bertz CT molecular complexity index is 390. The quantitative estimate of drug-likeness (QED) is 0.731. The molecular weight excluding hydrogens is 230 g/mol. The molecule has 0 aromatic heterocycles. The van der Waals surface area contributed by atoms with Gasteiger partial charge in [0.2, 0.25) is 0 Å². The van der Waals surface area contributed by atoms with E-state index in [0.717, 1.165) is 6.54 Å². The summed E-state index contributed by atoms with van der Waals surface area (Å²) < 4.78 is 5.50. The van der Waals surface area contributed by atoms with Crippen LogP contribution in [-0.4, -0.2) is 30.3 Å². The number of hydrogen-bond acceptors (Lipinski definition) is 3. The first-order valence-corrected chi connectivity index (χ1v) is 6.20. The molecule has 0 heterocycles. The summed E-state index contributed by atoms with van der Waals surface area (Å²) in [5.74, 6) is 0.237. The van der Waals surface area contributed by atoms with Crippen molar-refractivity contribution in [2.45, 2.75) is 26.8 Å². The molecule has 1 rings (SSSR count). The Balaban J connectivity index is 2.35. The van der Waals surface area contributed by atoms with Crippen molar-refractivity contribution < 1.29 is 14.6 Å². The molecular formula is C14H21NO3. The number of ether oxygens (including phenoxy) is 1. The molecule has 1 unspecified atom stereocenters. The number of benzene rings is 1. The molecule has 1 atom stereocenters. The van der Waals surface area contributed by atoms with Crippen molar-refractivity contribution in [3.8, 4) is 5.75 Å². The van der Waals surface area contributed by atoms with Gasteiger partial charge in [0.1, 0.15) is 12.4 Å². The molecule has 1 aromatic rings. The number of carboxylic acid groups (broad SMARTS) is 1. The van der Waals surface area contributed by atoms with Gasteiger partial charge in [-0.3, -0.25) is 0 Å². The topological polar surface area (TPSA) is 58.6 Å². The average molecular weight is 251 g/mol. The first kappa shape index (κ1) is 14.5. The summed E-state index contributed by atoms with van der Waals surface area (Å²) in [5, 5.41) is 12.2. The Morgan fingerprint density at radius 3 is 2.72 bits per heavy atom. The molecule has 18 heavy (non-hydrogen) atoms. The van der Waals surface area contributed by atoms with E-state index in [0.29, 0.717) is 24.3 Å². The first-order valence-electron chi connectivity index (χ1n) is 6.20. The second kappa shape index (κ2) is 7.01. The van der Waals surface area contributed by atoms with Gasteiger partial charge in [0.15, 0.2) is 0 Å². The maximum absolute atomic E-state index is 10.8. The van der Waals surface area contributed by atoms with Gasteiger partial charge >= 0.3 is 5.97 Å². The van der Waals surface area contributed by atoms with E-state index in [9.17, 15) is 4.79 Å². The predicted octanol–water partition coefficient (Wildman–Crippen LogP) is 2.40. The number of aromatic carboxylic acids is 1. The van der Waals surface area contributed by atoms with E-state index in [1.165, 1.54) is 6.07 Å². The van der Waals surface area contributed by atoms with Gasteiger partial charge in [-0.15, -0.1) is 0 Å². The van der Waals surface area contributed by atoms with Crippen LogP contribution in [0.25, 0.3) is 0 Å². The first-order chi connectivity index (χ1) is 8.50. The molecule has 0 saturated carbocycles. The zero-order chi connectivity index (χ0) is 13.5. The normalized spacial score (nSPS) is 12.4. The van der Waals surface area contributed by atoms with E-state index in [1.807, 2.05) is 0 Å². The van der Waals surface area contributed by atoms with Gasteiger partial charge in [-0.1, -0.05) is 19.9 Å². The van der Waals surface area contributed by atoms with E-state index >= 15 is 0 Å². The highest BCUT2D eigenvalue weighted by Gasteiger charge is 2.06. The molecule has 0 aliphatic carbocycles. The Morgan fingerprint density at radius 1 is 1.39 bits per heavy atom. The maximum Gasteiger partial charge on any atom is 0.335 e. The number of carboxylic acids is 1. The van der Waals surface area contributed by atoms with Crippen LogP contribution in [0, 0.1) is 5.92 Å². The van der Waals surface area contributed by atoms with Crippen LogP contribution in [0.3, 0.4) is 0 Å². The standard InChI is InChI=1S/C14H21NO3/c1-10(2)11(3)15-7-8-18-13-6-4-5-12(9-13)14(16)17/h4-6,9-11,15H,7-8H2,1-3H3,(H,16,17). The summed E-state index contributed by atoms with van der Waals surface area (Å²) in [7, 11) is 0. The van der Waals surface area contributed by atoms with Gasteiger partial charge in [-0.05, 0) is 31.0 Å². The molecule has 2 N–H and O–H groups in total. The molecule has 0 aliphatic heterocycles. The molecule has 0 fully saturated rings. The highest BCUT2D eigenvalue weighted by atomic mass is 16.5. The lowest BCUT2D eigenvalue weighted by Crippen LogP contribution is -2.33. The summed E-state index contributed by atoms with van der Waals surface area (Å²) in [6, 6.07) is 6.97. The lowest BCUT2D eigenvalue weighted by atomic mass is 10.1. The van der Waals surface area contributed by atoms with Crippen LogP contribution in [0.5, 0.6) is 5.75 Å². The van der Waals surface area contributed by atoms with Gasteiger partial charge < -0.3 is 15.2 Å². The fourth-order valence-corrected chi connectivity index (χ4v) is 1.41. The van der Waals surface area contributed by atoms with E-state index in [2.05, 4.69) is 26.1 Å². The number of rotatable bonds is 7. The number of carbonyl (C=O) groups is 1. The Kier molecular flexibility index (Phi) is 5.65. The predicted molar refractivity (Wildman–Crippen MR) is 71.2 cm³/mol. The number of hydrogen-bond donors (Lipinski definition) is 2. The third-order valence-corrected chi connectivity index (χ3v) is 2.92. The molecule has 0 amide bonds. The smallest absolute Gasteiger partial charge is 0.335 e. The largest absolute Gasteiger partial charge is 0.492 e. The zero-order valence-corrected chi connectivity index (χ0v) is 11.1. The van der Waals surface area contributed by atoms with Crippen LogP contribution in [-0.2, 0) is 0 Å². The van der Waals surface area contributed by atoms with Crippen LogP contribution >= 0.6 is 0 Å². The lowest BCUT2D eigenvalue weighted by molar-refractivity contribution is 0.0696. The van der Waals surface area contributed by atoms with Gasteiger partial charge in [-0.25, -0.2) is 4.79 Å². The van der Waals surface area contributed by atoms with Gasteiger partial charge in [0.25, 0.3) is 0 Å². The van der Waals surface area contributed by atoms with Crippen LogP contribution in [0.15, 0.2) is 24.3 Å². The summed E-state index contributed by atoms with van der Waals surface area (Å²) in [6.45, 7) is 7.73. The highest BCUT2D eigenvalue weighted by molar-refractivity contribution is 5.87. The van der Waals surface area contributed by atoms with E-state index in [1.54, 1.807) is 18.2 Å². The fourth-order valence-electron chi connectivity index (χ4n) is 1.41. The minimum Gasteiger partial charge on any atom is -0.492 e. The van der Waals surface area contributed by atoms with E-state index in [-0.39, 0.29) is 5.56 Å². The third-order valence-electron chi connectivity index (χ3n) is 2.92. The average Bonchev–Trinajstić information content (AvgIpc) is 2.34. The summed E-state index contributed by atoms with van der Waals surface area (Å²) >= 11 is 0. The Hall–Kier alpha value is -1.55. The Labute approximate surface area is 108 Å². The van der Waals surface area contributed by atoms with Crippen molar-refractivity contribution in [3.05, 3.63) is 29.8 Å². The molecule has 0 aliphatic rings. The molecule has 0 saturated heterocycles. The fraction of sp³-hybridized carbons (Fsp3) is 0.500. The van der Waals surface area contributed by atoms with Crippen molar-refractivity contribution in [2.75, 3.05) is 13.2 Å². The summed E-state index contributed by atoms with van der Waals surface area (Å²) in [4.78, 5) is 10.8. The van der Waals surface area contributed by atoms with E-state index in [4.69, 9.17) is 9.84 Å². The van der Waals surface area contributed by atoms with Gasteiger partial charge in [0.05, 0.1) is 5.56 Å². The maximum atomic E-state index is 10.8. The molecule has 0 radical (unpaired) electrons. The SMILES string of the molecule is CC(C)C(C)NCCOc1cccc(C(=O)O)c1. The van der Waals surface area contributed by atoms with Crippen LogP contribution in [0.2, 0.25) is 0 Å². The van der Waals surface area contributed by atoms with Crippen molar-refractivity contribution >= 4 is 5.97 Å². The highest BCUT2D eigenvalue weighted by Crippen LogP contribution is 2.13. The van der Waals surface area contributed by atoms with Crippen molar-refractivity contribution in [1.82, 2.24) is 5.32 Å². The molecule has 0 spiro atoms. The van der Waals surface area contributed by atoms with Crippen LogP contribution in [0.4, 0.5) is 0 Å². The second-order valence-electron chi connectivity index (χ2n) is 4.67. The second-order valence-corrected chi connectivity index (χ2v) is 4.67. The van der Waals surface area contributed by atoms with Crippen LogP contribution in [0.1, 0.15) is 31.1 Å². The molecule has 4 nitrogen and oxygen atoms in total. The minimum absolute atomic E-state index is 0.246. The minimum atomic E-state index is -0.938. The van der Waals surface area contributed by atoms with E-state index < -0.39 is 5.97 Å². The van der Waals surface area contributed by atoms with Crippen molar-refractivity contribution in [1.29, 1.82) is 0 Å². The summed E-state index contributed by atoms with van der Waals surface area (Å²) in [6.07, 6.45) is 0. The molecule has 1 aromatic carbocycles. The molecule has 0 bridgehead atoms. The number of nitrogens with one attached hydrogen (secondary N) is 1. The molecule has 4 heteroatoms. The van der Waals surface area contributed by atoms with Gasteiger partial charge in [-0.2, -0.15) is 0 Å². The third kappa shape index (κ3) is 4.75. The van der Waals surface area contributed by atoms with Gasteiger partial charge in [0, 0.05) is 12.6 Å². The van der Waals surface area contributed by atoms with Crippen molar-refractivity contribution in [2.24, 2.45) is 5.92 Å².